The molecule has 0 aliphatic rings. The molecule has 0 unspecified atom stereocenters. The van der Waals surface area contributed by atoms with Crippen molar-refractivity contribution >= 4 is 22.4 Å². The molecule has 0 fully saturated rings. The van der Waals surface area contributed by atoms with E-state index in [0.717, 1.165) is 9.54 Å². The molecule has 0 aliphatic carbocycles. The number of hydrogen-bond acceptors (Lipinski definition) is 4. The lowest BCUT2D eigenvalue weighted by Crippen LogP contribution is -2.13. The number of pyridine rings is 1. The Kier molecular flexibility index (Phi) is 3.91. The molecule has 0 aliphatic heterocycles. The summed E-state index contributed by atoms with van der Waals surface area (Å²) in [4.78, 5) is 14.4. The molecule has 0 aromatic carbocycles. The molecule has 0 bridgehead atoms. The first-order valence-electron chi connectivity index (χ1n) is 5.55. The number of carbonyl (C=O) groups is 1. The van der Waals surface area contributed by atoms with Crippen LogP contribution in [0.1, 0.15) is 15.9 Å². The Morgan fingerprint density at radius 2 is 2.11 bits per heavy atom. The molecule has 5 nitrogen and oxygen atoms in total. The quantitative estimate of drug-likeness (QED) is 0.778. The first-order chi connectivity index (χ1) is 9.12. The van der Waals surface area contributed by atoms with Gasteiger partial charge in [-0.25, -0.2) is 8.42 Å². The van der Waals surface area contributed by atoms with Crippen LogP contribution in [0.5, 0.6) is 0 Å². The van der Waals surface area contributed by atoms with Crippen molar-refractivity contribution in [3.8, 4) is 0 Å². The lowest BCUT2D eigenvalue weighted by Gasteiger charge is -2.01. The second-order valence-electron chi connectivity index (χ2n) is 3.86. The van der Waals surface area contributed by atoms with Crippen LogP contribution in [0.4, 0.5) is 0 Å². The van der Waals surface area contributed by atoms with Gasteiger partial charge in [0.2, 0.25) is 10.0 Å². The molecule has 6 heteroatoms. The van der Waals surface area contributed by atoms with E-state index in [4.69, 9.17) is 0 Å². The van der Waals surface area contributed by atoms with Crippen LogP contribution in [0.25, 0.3) is 6.08 Å². The van der Waals surface area contributed by atoms with Crippen molar-refractivity contribution in [3.05, 3.63) is 60.2 Å². The average molecular weight is 276 g/mol. The van der Waals surface area contributed by atoms with E-state index in [1.165, 1.54) is 18.5 Å². The fourth-order valence-corrected chi connectivity index (χ4v) is 2.54. The zero-order chi connectivity index (χ0) is 13.7. The second-order valence-corrected chi connectivity index (χ2v) is 5.78. The van der Waals surface area contributed by atoms with E-state index >= 15 is 0 Å². The molecule has 19 heavy (non-hydrogen) atoms. The number of aldehydes is 1. The van der Waals surface area contributed by atoms with E-state index in [0.29, 0.717) is 11.8 Å². The molecule has 0 saturated carbocycles. The predicted molar refractivity (Wildman–Crippen MR) is 72.3 cm³/mol. The Balaban J connectivity index is 2.10. The summed E-state index contributed by atoms with van der Waals surface area (Å²) in [5, 5.41) is 0. The summed E-state index contributed by atoms with van der Waals surface area (Å²) in [7, 11) is -3.47. The van der Waals surface area contributed by atoms with E-state index in [2.05, 4.69) is 4.98 Å². The second kappa shape index (κ2) is 5.62. The summed E-state index contributed by atoms with van der Waals surface area (Å²) >= 11 is 0. The Morgan fingerprint density at radius 3 is 2.74 bits per heavy atom. The molecular formula is C13H12N2O3S. The van der Waals surface area contributed by atoms with Gasteiger partial charge in [-0.15, -0.1) is 0 Å². The number of aromatic nitrogens is 2. The van der Waals surface area contributed by atoms with E-state index in [1.807, 2.05) is 6.07 Å². The van der Waals surface area contributed by atoms with Gasteiger partial charge in [0.1, 0.15) is 0 Å². The van der Waals surface area contributed by atoms with Crippen molar-refractivity contribution in [2.24, 2.45) is 0 Å². The van der Waals surface area contributed by atoms with Crippen molar-refractivity contribution in [1.82, 2.24) is 8.96 Å². The van der Waals surface area contributed by atoms with Crippen LogP contribution in [0.2, 0.25) is 0 Å². The molecule has 0 saturated heterocycles. The van der Waals surface area contributed by atoms with Crippen LogP contribution in [0.3, 0.4) is 0 Å². The third-order valence-electron chi connectivity index (χ3n) is 2.45. The van der Waals surface area contributed by atoms with Crippen molar-refractivity contribution in [3.63, 3.8) is 0 Å². The van der Waals surface area contributed by atoms with E-state index in [1.54, 1.807) is 30.6 Å². The number of carbonyl (C=O) groups excluding carboxylic acids is 1. The van der Waals surface area contributed by atoms with Crippen LogP contribution in [0, 0.1) is 0 Å². The number of hydrogen-bond donors (Lipinski definition) is 0. The topological polar surface area (TPSA) is 69.0 Å². The van der Waals surface area contributed by atoms with Gasteiger partial charge in [-0.05, 0) is 17.7 Å². The summed E-state index contributed by atoms with van der Waals surface area (Å²) in [6.07, 6.45) is 9.79. The van der Waals surface area contributed by atoms with E-state index in [9.17, 15) is 13.2 Å². The van der Waals surface area contributed by atoms with Crippen LogP contribution >= 0.6 is 0 Å². The normalized spacial score (nSPS) is 11.8. The third-order valence-corrected chi connectivity index (χ3v) is 3.93. The number of rotatable bonds is 5. The minimum Gasteiger partial charge on any atom is -0.298 e. The molecule has 2 aromatic rings. The van der Waals surface area contributed by atoms with Crippen molar-refractivity contribution in [1.29, 1.82) is 0 Å². The molecule has 0 spiro atoms. The molecule has 0 amide bonds. The minimum atomic E-state index is -3.47. The van der Waals surface area contributed by atoms with Gasteiger partial charge in [0.15, 0.2) is 6.29 Å². The Labute approximate surface area is 111 Å². The number of nitrogens with zero attached hydrogens (tertiary/aromatic N) is 2. The highest BCUT2D eigenvalue weighted by Crippen LogP contribution is 2.05. The summed E-state index contributed by atoms with van der Waals surface area (Å²) in [5.41, 5.74) is 1.17. The van der Waals surface area contributed by atoms with Crippen LogP contribution in [-0.4, -0.2) is 29.4 Å². The van der Waals surface area contributed by atoms with Crippen molar-refractivity contribution in [2.75, 3.05) is 5.75 Å². The summed E-state index contributed by atoms with van der Waals surface area (Å²) in [6.45, 7) is 0. The maximum Gasteiger partial charge on any atom is 0.242 e. The largest absolute Gasteiger partial charge is 0.298 e. The first kappa shape index (κ1) is 13.2. The molecule has 0 atom stereocenters. The van der Waals surface area contributed by atoms with Gasteiger partial charge < -0.3 is 0 Å². The summed E-state index contributed by atoms with van der Waals surface area (Å²) in [6, 6.07) is 5.06. The fraction of sp³-hybridized carbons (Fsp3) is 0.0769. The first-order valence-corrected chi connectivity index (χ1v) is 7.16. The highest BCUT2D eigenvalue weighted by molar-refractivity contribution is 7.90. The monoisotopic (exact) mass is 276 g/mol. The van der Waals surface area contributed by atoms with Gasteiger partial charge in [-0.1, -0.05) is 18.2 Å². The van der Waals surface area contributed by atoms with Crippen molar-refractivity contribution in [2.45, 2.75) is 0 Å². The summed E-state index contributed by atoms with van der Waals surface area (Å²) < 4.78 is 24.9. The molecular weight excluding hydrogens is 264 g/mol. The van der Waals surface area contributed by atoms with Crippen LogP contribution < -0.4 is 0 Å². The van der Waals surface area contributed by atoms with Crippen molar-refractivity contribution < 1.29 is 13.2 Å². The van der Waals surface area contributed by atoms with Crippen LogP contribution in [0.15, 0.2) is 49.1 Å². The lowest BCUT2D eigenvalue weighted by molar-refractivity contribution is 0.112. The Hall–Kier alpha value is -2.21. The zero-order valence-electron chi connectivity index (χ0n) is 10.0. The lowest BCUT2D eigenvalue weighted by atomic mass is 10.3. The molecule has 2 heterocycles. The smallest absolute Gasteiger partial charge is 0.242 e. The average Bonchev–Trinajstić information content (AvgIpc) is 2.89. The van der Waals surface area contributed by atoms with Crippen LogP contribution in [-0.2, 0) is 10.0 Å². The maximum absolute atomic E-state index is 11.9. The minimum absolute atomic E-state index is 0.144. The molecule has 0 N–H and O–H groups in total. The molecule has 98 valence electrons. The molecule has 0 radical (unpaired) electrons. The summed E-state index contributed by atoms with van der Waals surface area (Å²) in [5.74, 6) is -0.144. The van der Waals surface area contributed by atoms with Gasteiger partial charge >= 0.3 is 0 Å². The molecule has 2 aromatic heterocycles. The maximum atomic E-state index is 11.9. The van der Waals surface area contributed by atoms with Gasteiger partial charge in [-0.2, -0.15) is 0 Å². The molecule has 2 rings (SSSR count). The Morgan fingerprint density at radius 1 is 1.26 bits per heavy atom. The SMILES string of the molecule is O=Cc1ccn(S(=O)(=O)CC=Cc2cccnc2)c1. The third kappa shape index (κ3) is 3.38. The highest BCUT2D eigenvalue weighted by atomic mass is 32.2. The van der Waals surface area contributed by atoms with Gasteiger partial charge in [0.25, 0.3) is 0 Å². The standard InChI is InChI=1S/C13H12N2O3S/c16-11-13-5-7-15(10-13)19(17,18)8-2-4-12-3-1-6-14-9-12/h1-7,9-11H,8H2. The fourth-order valence-electron chi connectivity index (χ4n) is 1.50. The Bertz CT molecular complexity index is 688. The predicted octanol–water partition coefficient (Wildman–Crippen LogP) is 1.59. The van der Waals surface area contributed by atoms with E-state index < -0.39 is 10.0 Å². The van der Waals surface area contributed by atoms with Gasteiger partial charge in [-0.3, -0.25) is 13.8 Å². The van der Waals surface area contributed by atoms with Gasteiger partial charge in [0, 0.05) is 30.4 Å². The zero-order valence-corrected chi connectivity index (χ0v) is 10.8. The van der Waals surface area contributed by atoms with Gasteiger partial charge in [0.05, 0.1) is 5.75 Å². The van der Waals surface area contributed by atoms with E-state index in [-0.39, 0.29) is 5.75 Å². The highest BCUT2D eigenvalue weighted by Gasteiger charge is 2.10.